The molecule has 0 aliphatic heterocycles. The lowest BCUT2D eigenvalue weighted by molar-refractivity contribution is -0.119. The minimum atomic E-state index is -3.97. The lowest BCUT2D eigenvalue weighted by Crippen LogP contribution is -2.23. The number of sulfonamides is 1. The van der Waals surface area contributed by atoms with Gasteiger partial charge < -0.3 is 10.1 Å². The molecule has 2 N–H and O–H groups in total. The fourth-order valence-electron chi connectivity index (χ4n) is 3.15. The van der Waals surface area contributed by atoms with Crippen LogP contribution in [0.4, 0.5) is 11.4 Å². The van der Waals surface area contributed by atoms with E-state index in [2.05, 4.69) is 10.0 Å². The van der Waals surface area contributed by atoms with Crippen molar-refractivity contribution in [2.75, 3.05) is 16.6 Å². The highest BCUT2D eigenvalue weighted by Gasteiger charge is 2.20. The molecular weight excluding hydrogens is 464 g/mol. The number of carbonyl (C=O) groups is 2. The molecule has 0 unspecified atom stereocenters. The third kappa shape index (κ3) is 6.12. The Balaban J connectivity index is 1.70. The number of esters is 1. The molecule has 0 aromatic heterocycles. The normalized spacial score (nSPS) is 11.0. The van der Waals surface area contributed by atoms with E-state index in [-0.39, 0.29) is 16.1 Å². The van der Waals surface area contributed by atoms with E-state index in [9.17, 15) is 18.0 Å². The Labute approximate surface area is 197 Å². The first-order valence-electron chi connectivity index (χ1n) is 10.1. The summed E-state index contributed by atoms with van der Waals surface area (Å²) in [7, 11) is -3.97. The number of amides is 1. The van der Waals surface area contributed by atoms with Gasteiger partial charge in [0, 0.05) is 10.7 Å². The fraction of sp³-hybridized carbons (Fsp3) is 0.167. The maximum absolute atomic E-state index is 12.7. The molecule has 0 aliphatic rings. The Morgan fingerprint density at radius 1 is 0.970 bits per heavy atom. The molecule has 172 valence electrons. The molecule has 9 heteroatoms. The maximum atomic E-state index is 12.7. The number of nitrogens with one attached hydrogen (secondary N) is 2. The van der Waals surface area contributed by atoms with Gasteiger partial charge in [-0.05, 0) is 60.9 Å². The van der Waals surface area contributed by atoms with Gasteiger partial charge in [0.05, 0.1) is 16.1 Å². The predicted molar refractivity (Wildman–Crippen MR) is 128 cm³/mol. The van der Waals surface area contributed by atoms with Crippen LogP contribution in [0.1, 0.15) is 28.4 Å². The summed E-state index contributed by atoms with van der Waals surface area (Å²) in [5.41, 5.74) is 2.57. The van der Waals surface area contributed by atoms with E-state index >= 15 is 0 Å². The molecular formula is C24H23ClN2O5S. The average molecular weight is 487 g/mol. The van der Waals surface area contributed by atoms with Gasteiger partial charge in [-0.3, -0.25) is 9.52 Å². The summed E-state index contributed by atoms with van der Waals surface area (Å²) in [6.45, 7) is 3.34. The lowest BCUT2D eigenvalue weighted by atomic mass is 10.1. The molecule has 3 aromatic rings. The second-order valence-electron chi connectivity index (χ2n) is 7.19. The number of ether oxygens (including phenoxy) is 1. The van der Waals surface area contributed by atoms with Crippen LogP contribution in [0.2, 0.25) is 5.02 Å². The van der Waals surface area contributed by atoms with Crippen LogP contribution in [-0.2, 0) is 26.0 Å². The fourth-order valence-corrected chi connectivity index (χ4v) is 4.36. The molecule has 0 aliphatic carbocycles. The topological polar surface area (TPSA) is 102 Å². The van der Waals surface area contributed by atoms with Crippen molar-refractivity contribution >= 4 is 44.9 Å². The molecule has 0 fully saturated rings. The highest BCUT2D eigenvalue weighted by molar-refractivity contribution is 7.92. The molecule has 0 saturated heterocycles. The smallest absolute Gasteiger partial charge is 0.340 e. The van der Waals surface area contributed by atoms with Gasteiger partial charge in [0.2, 0.25) is 0 Å². The zero-order valence-corrected chi connectivity index (χ0v) is 19.7. The van der Waals surface area contributed by atoms with E-state index < -0.39 is 28.5 Å². The first kappa shape index (κ1) is 24.3. The van der Waals surface area contributed by atoms with E-state index in [1.165, 1.54) is 36.4 Å². The Morgan fingerprint density at radius 2 is 1.67 bits per heavy atom. The predicted octanol–water partition coefficient (Wildman–Crippen LogP) is 4.81. The van der Waals surface area contributed by atoms with Crippen molar-refractivity contribution < 1.29 is 22.7 Å². The third-order valence-electron chi connectivity index (χ3n) is 4.85. The standard InChI is InChI=1S/C24H23ClN2O5S/c1-3-17-8-6-7-16(2)23(17)26-22(28)15-32-24(29)20-9-4-5-10-21(20)27-33(30,31)19-13-11-18(25)12-14-19/h4-14,27H,3,15H2,1-2H3,(H,26,28). The number of benzene rings is 3. The number of para-hydroxylation sites is 2. The molecule has 3 aromatic carbocycles. The van der Waals surface area contributed by atoms with Crippen LogP contribution in [0.3, 0.4) is 0 Å². The largest absolute Gasteiger partial charge is 0.452 e. The Bertz CT molecular complexity index is 1270. The van der Waals surface area contributed by atoms with Gasteiger partial charge in [-0.25, -0.2) is 13.2 Å². The molecule has 1 amide bonds. The van der Waals surface area contributed by atoms with Gasteiger partial charge in [-0.15, -0.1) is 0 Å². The van der Waals surface area contributed by atoms with Crippen molar-refractivity contribution in [3.8, 4) is 0 Å². The van der Waals surface area contributed by atoms with Crippen LogP contribution in [0.5, 0.6) is 0 Å². The SMILES string of the molecule is CCc1cccc(C)c1NC(=O)COC(=O)c1ccccc1NS(=O)(=O)c1ccc(Cl)cc1. The van der Waals surface area contributed by atoms with E-state index in [1.807, 2.05) is 32.0 Å². The third-order valence-corrected chi connectivity index (χ3v) is 6.49. The molecule has 0 saturated carbocycles. The van der Waals surface area contributed by atoms with E-state index in [0.717, 1.165) is 17.5 Å². The van der Waals surface area contributed by atoms with E-state index in [0.29, 0.717) is 10.7 Å². The van der Waals surface area contributed by atoms with Crippen molar-refractivity contribution in [2.24, 2.45) is 0 Å². The van der Waals surface area contributed by atoms with Crippen LogP contribution in [0, 0.1) is 6.92 Å². The van der Waals surface area contributed by atoms with Crippen molar-refractivity contribution in [3.63, 3.8) is 0 Å². The first-order chi connectivity index (χ1) is 15.7. The quantitative estimate of drug-likeness (QED) is 0.445. The number of aryl methyl sites for hydroxylation is 2. The van der Waals surface area contributed by atoms with Crippen molar-refractivity contribution in [1.29, 1.82) is 0 Å². The average Bonchev–Trinajstić information content (AvgIpc) is 2.79. The molecule has 7 nitrogen and oxygen atoms in total. The minimum absolute atomic E-state index is 0.0144. The number of rotatable bonds is 8. The summed E-state index contributed by atoms with van der Waals surface area (Å²) in [4.78, 5) is 25.0. The van der Waals surface area contributed by atoms with Crippen LogP contribution in [-0.4, -0.2) is 26.9 Å². The molecule has 0 heterocycles. The molecule has 0 radical (unpaired) electrons. The van der Waals surface area contributed by atoms with Gasteiger partial charge in [-0.2, -0.15) is 0 Å². The zero-order valence-electron chi connectivity index (χ0n) is 18.1. The zero-order chi connectivity index (χ0) is 24.0. The van der Waals surface area contributed by atoms with Crippen LogP contribution in [0.15, 0.2) is 71.6 Å². The number of anilines is 2. The number of hydrogen-bond donors (Lipinski definition) is 2. The summed E-state index contributed by atoms with van der Waals surface area (Å²) in [5, 5.41) is 3.17. The highest BCUT2D eigenvalue weighted by atomic mass is 35.5. The first-order valence-corrected chi connectivity index (χ1v) is 12.0. The maximum Gasteiger partial charge on any atom is 0.340 e. The van der Waals surface area contributed by atoms with Crippen LogP contribution in [0.25, 0.3) is 0 Å². The summed E-state index contributed by atoms with van der Waals surface area (Å²) in [5.74, 6) is -1.33. The van der Waals surface area contributed by atoms with Gasteiger partial charge in [-0.1, -0.05) is 48.9 Å². The van der Waals surface area contributed by atoms with Crippen molar-refractivity contribution in [1.82, 2.24) is 0 Å². The highest BCUT2D eigenvalue weighted by Crippen LogP contribution is 2.23. The molecule has 0 atom stereocenters. The summed E-state index contributed by atoms with van der Waals surface area (Å²) in [6.07, 6.45) is 0.734. The molecule has 33 heavy (non-hydrogen) atoms. The molecule has 0 bridgehead atoms. The summed E-state index contributed by atoms with van der Waals surface area (Å²) in [6, 6.07) is 17.3. The van der Waals surface area contributed by atoms with Gasteiger partial charge in [0.25, 0.3) is 15.9 Å². The Hall–Kier alpha value is -3.36. The lowest BCUT2D eigenvalue weighted by Gasteiger charge is -2.14. The Morgan fingerprint density at radius 3 is 2.36 bits per heavy atom. The van der Waals surface area contributed by atoms with Crippen molar-refractivity contribution in [3.05, 3.63) is 88.4 Å². The second-order valence-corrected chi connectivity index (χ2v) is 9.31. The van der Waals surface area contributed by atoms with Gasteiger partial charge >= 0.3 is 5.97 Å². The van der Waals surface area contributed by atoms with Gasteiger partial charge in [0.1, 0.15) is 0 Å². The van der Waals surface area contributed by atoms with E-state index in [1.54, 1.807) is 12.1 Å². The Kier molecular flexibility index (Phi) is 7.73. The van der Waals surface area contributed by atoms with E-state index in [4.69, 9.17) is 16.3 Å². The second kappa shape index (κ2) is 10.5. The van der Waals surface area contributed by atoms with Crippen LogP contribution < -0.4 is 10.0 Å². The van der Waals surface area contributed by atoms with Gasteiger partial charge in [0.15, 0.2) is 6.61 Å². The number of hydrogen-bond acceptors (Lipinski definition) is 5. The van der Waals surface area contributed by atoms with Crippen LogP contribution >= 0.6 is 11.6 Å². The number of halogens is 1. The molecule has 0 spiro atoms. The molecule has 3 rings (SSSR count). The van der Waals surface area contributed by atoms with Crippen molar-refractivity contribution in [2.45, 2.75) is 25.2 Å². The summed E-state index contributed by atoms with van der Waals surface area (Å²) >= 11 is 5.82. The minimum Gasteiger partial charge on any atom is -0.452 e. The monoisotopic (exact) mass is 486 g/mol. The summed E-state index contributed by atoms with van der Waals surface area (Å²) < 4.78 is 32.9. The number of carbonyl (C=O) groups excluding carboxylic acids is 2.